The molecule has 4 aromatic rings. The second-order valence-corrected chi connectivity index (χ2v) is 13.5. The van der Waals surface area contributed by atoms with Crippen molar-refractivity contribution < 1.29 is 26.7 Å². The molecule has 3 N–H and O–H groups in total. The van der Waals surface area contributed by atoms with Crippen LogP contribution in [0.3, 0.4) is 0 Å². The first kappa shape index (κ1) is 32.8. The molecule has 1 unspecified atom stereocenters. The Kier molecular flexibility index (Phi) is 10.1. The van der Waals surface area contributed by atoms with Crippen LogP contribution in [0, 0.1) is 0 Å². The van der Waals surface area contributed by atoms with Crippen LogP contribution in [0.4, 0.5) is 8.78 Å². The number of carbonyl (C=O) groups is 1. The van der Waals surface area contributed by atoms with Crippen LogP contribution in [0.25, 0.3) is 21.9 Å². The molecule has 11 heteroatoms. The van der Waals surface area contributed by atoms with Crippen LogP contribution < -0.4 is 15.2 Å². The van der Waals surface area contributed by atoms with E-state index >= 15 is 8.78 Å². The lowest BCUT2D eigenvalue weighted by Crippen LogP contribution is -2.55. The standard InChI is InChI=1S/C34H36ClF2N3O4S/c1-40(20-4-19-38)33(41)32(34(36,37)27-13-7-23(8-14-27)24-9-15-28(35)16-10-24)39-45(42,43)31-18-12-25-21-30(17-11-26(25)22-31)44-29-5-2-3-6-29/h7-18,21-22,29,32,39H,2-6,19-20,38H2,1H3. The summed E-state index contributed by atoms with van der Waals surface area (Å²) in [7, 11) is -3.22. The monoisotopic (exact) mass is 655 g/mol. The molecule has 0 saturated heterocycles. The number of amides is 1. The van der Waals surface area contributed by atoms with Gasteiger partial charge in [-0.05, 0) is 96.9 Å². The van der Waals surface area contributed by atoms with Crippen LogP contribution in [-0.2, 0) is 20.7 Å². The molecule has 1 aliphatic carbocycles. The summed E-state index contributed by atoms with van der Waals surface area (Å²) in [6.07, 6.45) is 4.79. The predicted octanol–water partition coefficient (Wildman–Crippen LogP) is 6.73. The van der Waals surface area contributed by atoms with Crippen molar-refractivity contribution in [2.75, 3.05) is 20.1 Å². The topological polar surface area (TPSA) is 102 Å². The molecule has 238 valence electrons. The van der Waals surface area contributed by atoms with Gasteiger partial charge in [0.05, 0.1) is 11.0 Å². The molecule has 1 aliphatic rings. The molecule has 0 radical (unpaired) electrons. The van der Waals surface area contributed by atoms with Gasteiger partial charge < -0.3 is 15.4 Å². The minimum absolute atomic E-state index is 0.0837. The largest absolute Gasteiger partial charge is 0.490 e. The number of halogens is 3. The minimum Gasteiger partial charge on any atom is -0.490 e. The number of hydrogen-bond donors (Lipinski definition) is 2. The van der Waals surface area contributed by atoms with Crippen molar-refractivity contribution in [3.05, 3.63) is 95.5 Å². The normalized spacial score (nSPS) is 14.9. The summed E-state index contributed by atoms with van der Waals surface area (Å²) in [5, 5.41) is 1.87. The number of hydrogen-bond acceptors (Lipinski definition) is 5. The van der Waals surface area contributed by atoms with Crippen LogP contribution in [-0.4, -0.2) is 51.5 Å². The van der Waals surface area contributed by atoms with E-state index in [1.807, 2.05) is 10.8 Å². The Bertz CT molecular complexity index is 1750. The SMILES string of the molecule is CN(CCCN)C(=O)C(NS(=O)(=O)c1ccc2cc(OC3CCCC3)ccc2c1)C(F)(F)c1ccc(-c2ccc(Cl)cc2)cc1. The number of benzene rings is 4. The molecule has 0 aliphatic heterocycles. The minimum atomic E-state index is -4.57. The molecule has 7 nitrogen and oxygen atoms in total. The Balaban J connectivity index is 1.43. The Hall–Kier alpha value is -3.57. The van der Waals surface area contributed by atoms with E-state index in [1.165, 1.54) is 43.4 Å². The number of fused-ring (bicyclic) bond motifs is 1. The summed E-state index contributed by atoms with van der Waals surface area (Å²) in [6.45, 7) is 0.321. The average molecular weight is 656 g/mol. The van der Waals surface area contributed by atoms with Gasteiger partial charge >= 0.3 is 0 Å². The van der Waals surface area contributed by atoms with E-state index in [-0.39, 0.29) is 24.1 Å². The number of carbonyl (C=O) groups excluding carboxylic acids is 1. The number of nitrogens with zero attached hydrogens (tertiary/aromatic N) is 1. The molecule has 1 fully saturated rings. The first-order valence-electron chi connectivity index (χ1n) is 14.9. The number of ether oxygens (including phenoxy) is 1. The van der Waals surface area contributed by atoms with Crippen molar-refractivity contribution >= 4 is 38.3 Å². The van der Waals surface area contributed by atoms with E-state index in [0.29, 0.717) is 28.1 Å². The summed E-state index contributed by atoms with van der Waals surface area (Å²) in [5.74, 6) is -4.28. The lowest BCUT2D eigenvalue weighted by atomic mass is 9.97. The third-order valence-corrected chi connectivity index (χ3v) is 9.77. The van der Waals surface area contributed by atoms with E-state index in [4.69, 9.17) is 22.1 Å². The number of nitrogens with one attached hydrogen (secondary N) is 1. The van der Waals surface area contributed by atoms with Gasteiger partial charge in [0, 0.05) is 24.2 Å². The maximum absolute atomic E-state index is 16.2. The van der Waals surface area contributed by atoms with E-state index in [9.17, 15) is 13.2 Å². The molecule has 1 amide bonds. The quantitative estimate of drug-likeness (QED) is 0.176. The zero-order valence-electron chi connectivity index (χ0n) is 24.9. The van der Waals surface area contributed by atoms with Crippen molar-refractivity contribution in [1.82, 2.24) is 9.62 Å². The Morgan fingerprint density at radius 3 is 2.22 bits per heavy atom. The van der Waals surface area contributed by atoms with E-state index in [2.05, 4.69) is 0 Å². The summed E-state index contributed by atoms with van der Waals surface area (Å²) < 4.78 is 67.7. The molecule has 4 aromatic carbocycles. The highest BCUT2D eigenvalue weighted by Crippen LogP contribution is 2.36. The van der Waals surface area contributed by atoms with Crippen molar-refractivity contribution in [2.24, 2.45) is 5.73 Å². The third kappa shape index (κ3) is 7.64. The fourth-order valence-electron chi connectivity index (χ4n) is 5.50. The van der Waals surface area contributed by atoms with Gasteiger partial charge in [-0.25, -0.2) is 8.42 Å². The number of alkyl halides is 2. The number of sulfonamides is 1. The highest BCUT2D eigenvalue weighted by Gasteiger charge is 2.49. The molecule has 1 atom stereocenters. The number of rotatable bonds is 12. The number of likely N-dealkylation sites (N-methyl/N-ethyl adjacent to an activating group) is 1. The molecular formula is C34H36ClF2N3O4S. The highest BCUT2D eigenvalue weighted by molar-refractivity contribution is 7.89. The summed E-state index contributed by atoms with van der Waals surface area (Å²) in [4.78, 5) is 14.3. The maximum Gasteiger partial charge on any atom is 0.298 e. The zero-order chi connectivity index (χ0) is 32.2. The lowest BCUT2D eigenvalue weighted by molar-refractivity contribution is -0.143. The third-order valence-electron chi connectivity index (χ3n) is 8.10. The van der Waals surface area contributed by atoms with Gasteiger partial charge in [-0.15, -0.1) is 0 Å². The molecule has 1 saturated carbocycles. The van der Waals surface area contributed by atoms with Crippen LogP contribution in [0.2, 0.25) is 5.02 Å². The van der Waals surface area contributed by atoms with Crippen molar-refractivity contribution in [2.45, 2.75) is 55.1 Å². The zero-order valence-corrected chi connectivity index (χ0v) is 26.5. The molecule has 0 aromatic heterocycles. The van der Waals surface area contributed by atoms with E-state index in [0.717, 1.165) is 41.5 Å². The fraction of sp³-hybridized carbons (Fsp3) is 0.324. The Labute approximate surface area is 267 Å². The fourth-order valence-corrected chi connectivity index (χ4v) is 6.85. The van der Waals surface area contributed by atoms with Crippen molar-refractivity contribution in [1.29, 1.82) is 0 Å². The molecule has 5 rings (SSSR count). The molecule has 45 heavy (non-hydrogen) atoms. The second-order valence-electron chi connectivity index (χ2n) is 11.4. The first-order valence-corrected chi connectivity index (χ1v) is 16.8. The van der Waals surface area contributed by atoms with Gasteiger partial charge in [-0.1, -0.05) is 60.1 Å². The summed E-state index contributed by atoms with van der Waals surface area (Å²) in [5.41, 5.74) is 6.47. The summed E-state index contributed by atoms with van der Waals surface area (Å²) in [6, 6.07) is 19.5. The van der Waals surface area contributed by atoms with Crippen molar-refractivity contribution in [3.8, 4) is 16.9 Å². The Morgan fingerprint density at radius 2 is 1.58 bits per heavy atom. The second kappa shape index (κ2) is 13.8. The van der Waals surface area contributed by atoms with Gasteiger partial charge in [0.1, 0.15) is 5.75 Å². The predicted molar refractivity (Wildman–Crippen MR) is 173 cm³/mol. The maximum atomic E-state index is 16.2. The van der Waals surface area contributed by atoms with Gasteiger partial charge in [0.2, 0.25) is 15.9 Å². The van der Waals surface area contributed by atoms with Crippen LogP contribution in [0.1, 0.15) is 37.7 Å². The van der Waals surface area contributed by atoms with Crippen LogP contribution in [0.15, 0.2) is 89.8 Å². The molecule has 0 heterocycles. The molecular weight excluding hydrogens is 620 g/mol. The summed E-state index contributed by atoms with van der Waals surface area (Å²) >= 11 is 5.96. The molecule has 0 spiro atoms. The average Bonchev–Trinajstić information content (AvgIpc) is 3.55. The lowest BCUT2D eigenvalue weighted by Gasteiger charge is -2.30. The van der Waals surface area contributed by atoms with Gasteiger partial charge in [-0.3, -0.25) is 4.79 Å². The van der Waals surface area contributed by atoms with Crippen LogP contribution >= 0.6 is 11.6 Å². The van der Waals surface area contributed by atoms with Gasteiger partial charge in [0.15, 0.2) is 6.04 Å². The first-order chi connectivity index (χ1) is 21.5. The number of nitrogens with two attached hydrogens (primary N) is 1. The smallest absolute Gasteiger partial charge is 0.298 e. The van der Waals surface area contributed by atoms with E-state index in [1.54, 1.807) is 42.5 Å². The highest BCUT2D eigenvalue weighted by atomic mass is 35.5. The van der Waals surface area contributed by atoms with Gasteiger partial charge in [0.25, 0.3) is 5.92 Å². The Morgan fingerprint density at radius 1 is 0.978 bits per heavy atom. The van der Waals surface area contributed by atoms with Crippen LogP contribution in [0.5, 0.6) is 5.75 Å². The molecule has 0 bridgehead atoms. The van der Waals surface area contributed by atoms with E-state index < -0.39 is 33.5 Å². The van der Waals surface area contributed by atoms with Crippen molar-refractivity contribution in [3.63, 3.8) is 0 Å². The van der Waals surface area contributed by atoms with Gasteiger partial charge in [-0.2, -0.15) is 13.5 Å².